The van der Waals surface area contributed by atoms with E-state index in [1.54, 1.807) is 20.8 Å². The summed E-state index contributed by atoms with van der Waals surface area (Å²) in [6.45, 7) is 4.62. The van der Waals surface area contributed by atoms with Gasteiger partial charge in [0, 0.05) is 6.42 Å². The first kappa shape index (κ1) is 12.9. The van der Waals surface area contributed by atoms with E-state index >= 15 is 0 Å². The monoisotopic (exact) mass is 235 g/mol. The van der Waals surface area contributed by atoms with Gasteiger partial charge in [0.05, 0.1) is 6.54 Å². The number of hydrogen-bond donors (Lipinski definition) is 0. The van der Waals surface area contributed by atoms with Gasteiger partial charge in [0.25, 0.3) is 0 Å². The van der Waals surface area contributed by atoms with E-state index in [1.165, 1.54) is 0 Å². The molecular formula is C10H15F2NO3. The van der Waals surface area contributed by atoms with E-state index in [9.17, 15) is 18.4 Å². The third-order valence-corrected chi connectivity index (χ3v) is 2.14. The number of halogens is 2. The Bertz CT molecular complexity index is 301. The van der Waals surface area contributed by atoms with Crippen LogP contribution in [0.1, 0.15) is 27.2 Å². The van der Waals surface area contributed by atoms with E-state index in [0.717, 1.165) is 4.90 Å². The van der Waals surface area contributed by atoms with Crippen molar-refractivity contribution in [3.05, 3.63) is 0 Å². The van der Waals surface area contributed by atoms with E-state index < -0.39 is 29.9 Å². The summed E-state index contributed by atoms with van der Waals surface area (Å²) in [6.07, 6.45) is -2.53. The van der Waals surface area contributed by atoms with Gasteiger partial charge in [-0.05, 0) is 20.8 Å². The molecule has 0 radical (unpaired) electrons. The van der Waals surface area contributed by atoms with E-state index in [0.29, 0.717) is 0 Å². The third-order valence-electron chi connectivity index (χ3n) is 2.14. The number of ether oxygens (including phenoxy) is 1. The lowest BCUT2D eigenvalue weighted by molar-refractivity contribution is -0.134. The Morgan fingerprint density at radius 1 is 1.38 bits per heavy atom. The van der Waals surface area contributed by atoms with Crippen LogP contribution in [0.3, 0.4) is 0 Å². The van der Waals surface area contributed by atoms with Gasteiger partial charge >= 0.3 is 12.1 Å². The first-order chi connectivity index (χ1) is 7.20. The number of carbonyl (C=O) groups excluding carboxylic acids is 2. The van der Waals surface area contributed by atoms with Crippen molar-refractivity contribution in [3.8, 4) is 0 Å². The van der Waals surface area contributed by atoms with Gasteiger partial charge in [-0.3, -0.25) is 9.69 Å². The molecule has 1 rings (SSSR count). The fourth-order valence-corrected chi connectivity index (χ4v) is 1.52. The molecule has 0 aliphatic carbocycles. The zero-order valence-electron chi connectivity index (χ0n) is 9.50. The third kappa shape index (κ3) is 3.15. The number of amides is 1. The second-order valence-corrected chi connectivity index (χ2v) is 4.79. The number of carbonyl (C=O) groups is 2. The molecule has 1 aliphatic rings. The Morgan fingerprint density at radius 2 is 1.94 bits per heavy atom. The van der Waals surface area contributed by atoms with Crippen LogP contribution in [-0.4, -0.2) is 41.4 Å². The molecule has 0 bridgehead atoms. The Morgan fingerprint density at radius 3 is 2.38 bits per heavy atom. The van der Waals surface area contributed by atoms with Gasteiger partial charge in [-0.1, -0.05) is 0 Å². The van der Waals surface area contributed by atoms with Crippen molar-refractivity contribution in [2.24, 2.45) is 0 Å². The molecule has 2 atom stereocenters. The number of alkyl halides is 1. The highest BCUT2D eigenvalue weighted by atomic mass is 19.1. The van der Waals surface area contributed by atoms with Crippen molar-refractivity contribution in [3.63, 3.8) is 0 Å². The quantitative estimate of drug-likeness (QED) is 0.651. The Kier molecular flexibility index (Phi) is 3.50. The van der Waals surface area contributed by atoms with Crippen molar-refractivity contribution in [2.45, 2.75) is 45.0 Å². The van der Waals surface area contributed by atoms with Gasteiger partial charge in [0.15, 0.2) is 0 Å². The Balaban J connectivity index is 2.71. The summed E-state index contributed by atoms with van der Waals surface area (Å²) in [6, 6.07) is -3.05. The van der Waals surface area contributed by atoms with E-state index in [4.69, 9.17) is 4.74 Å². The zero-order chi connectivity index (χ0) is 12.5. The van der Waals surface area contributed by atoms with Crippen molar-refractivity contribution >= 4 is 12.1 Å². The molecule has 1 heterocycles. The zero-order valence-corrected chi connectivity index (χ0v) is 9.50. The number of likely N-dealkylation sites (tertiary alicyclic amines) is 1. The normalized spacial score (nSPS) is 25.7. The molecule has 0 saturated carbocycles. The van der Waals surface area contributed by atoms with E-state index in [2.05, 4.69) is 0 Å². The summed E-state index contributed by atoms with van der Waals surface area (Å²) in [5.74, 6) is 0. The van der Waals surface area contributed by atoms with E-state index in [1.807, 2.05) is 0 Å². The fraction of sp³-hybridized carbons (Fsp3) is 0.800. The molecule has 92 valence electrons. The summed E-state index contributed by atoms with van der Waals surface area (Å²) in [5, 5.41) is 0. The second kappa shape index (κ2) is 4.35. The predicted molar refractivity (Wildman–Crippen MR) is 52.4 cm³/mol. The first-order valence-electron chi connectivity index (χ1n) is 5.04. The molecule has 0 unspecified atom stereocenters. The minimum atomic E-state index is -1.70. The van der Waals surface area contributed by atoms with Crippen LogP contribution in [0.2, 0.25) is 0 Å². The van der Waals surface area contributed by atoms with Gasteiger partial charge in [-0.2, -0.15) is 4.39 Å². The van der Waals surface area contributed by atoms with Crippen LogP contribution in [0.5, 0.6) is 0 Å². The molecule has 16 heavy (non-hydrogen) atoms. The molecule has 1 fully saturated rings. The SMILES string of the molecule is CC(C)(C)OC(=O)N1C[C@@H](F)C[C@@H]1C(=O)F. The molecule has 0 spiro atoms. The first-order valence-corrected chi connectivity index (χ1v) is 5.04. The molecule has 0 aromatic rings. The van der Waals surface area contributed by atoms with Crippen molar-refractivity contribution in [1.29, 1.82) is 0 Å². The standard InChI is InChI=1S/C10H15F2NO3/c1-10(2,3)16-9(15)13-5-6(11)4-7(13)8(12)14/h6-7H,4-5H2,1-3H3/t6-,7+/m0/s1. The summed E-state index contributed by atoms with van der Waals surface area (Å²) in [5.41, 5.74) is -0.755. The minimum Gasteiger partial charge on any atom is -0.444 e. The predicted octanol–water partition coefficient (Wildman–Crippen LogP) is 1.83. The fourth-order valence-electron chi connectivity index (χ4n) is 1.52. The highest BCUT2D eigenvalue weighted by molar-refractivity contribution is 5.81. The molecule has 1 saturated heterocycles. The highest BCUT2D eigenvalue weighted by Crippen LogP contribution is 2.23. The van der Waals surface area contributed by atoms with Crippen LogP contribution in [0.4, 0.5) is 13.6 Å². The maximum atomic E-state index is 13.0. The average Bonchev–Trinajstić information content (AvgIpc) is 2.44. The molecule has 4 nitrogen and oxygen atoms in total. The van der Waals surface area contributed by atoms with Gasteiger partial charge in [0.2, 0.25) is 0 Å². The molecule has 0 aromatic carbocycles. The van der Waals surface area contributed by atoms with Crippen molar-refractivity contribution in [2.75, 3.05) is 6.54 Å². The number of hydrogen-bond acceptors (Lipinski definition) is 3. The molecule has 1 amide bonds. The highest BCUT2D eigenvalue weighted by Gasteiger charge is 2.41. The topological polar surface area (TPSA) is 46.6 Å². The molecule has 6 heteroatoms. The second-order valence-electron chi connectivity index (χ2n) is 4.79. The summed E-state index contributed by atoms with van der Waals surface area (Å²) in [7, 11) is 0. The smallest absolute Gasteiger partial charge is 0.411 e. The van der Waals surface area contributed by atoms with E-state index in [-0.39, 0.29) is 13.0 Å². The summed E-state index contributed by atoms with van der Waals surface area (Å²) >= 11 is 0. The summed E-state index contributed by atoms with van der Waals surface area (Å²) < 4.78 is 30.5. The van der Waals surface area contributed by atoms with Gasteiger partial charge in [0.1, 0.15) is 17.8 Å². The van der Waals surface area contributed by atoms with Crippen LogP contribution in [0, 0.1) is 0 Å². The van der Waals surface area contributed by atoms with Gasteiger partial charge in [-0.25, -0.2) is 9.18 Å². The number of nitrogens with zero attached hydrogens (tertiary/aromatic N) is 1. The van der Waals surface area contributed by atoms with Crippen molar-refractivity contribution in [1.82, 2.24) is 4.90 Å². The van der Waals surface area contributed by atoms with Crippen molar-refractivity contribution < 1.29 is 23.1 Å². The Labute approximate surface area is 92.5 Å². The maximum Gasteiger partial charge on any atom is 0.411 e. The lowest BCUT2D eigenvalue weighted by Crippen LogP contribution is -2.42. The van der Waals surface area contributed by atoms with Crippen LogP contribution in [-0.2, 0) is 9.53 Å². The molecule has 1 aliphatic heterocycles. The lowest BCUT2D eigenvalue weighted by atomic mass is 10.2. The average molecular weight is 235 g/mol. The van der Waals surface area contributed by atoms with Crippen LogP contribution in [0.25, 0.3) is 0 Å². The van der Waals surface area contributed by atoms with Gasteiger partial charge in [-0.15, -0.1) is 0 Å². The molecule has 0 aromatic heterocycles. The van der Waals surface area contributed by atoms with Crippen LogP contribution in [0.15, 0.2) is 0 Å². The summed E-state index contributed by atoms with van der Waals surface area (Å²) in [4.78, 5) is 22.9. The lowest BCUT2D eigenvalue weighted by Gasteiger charge is -2.26. The minimum absolute atomic E-state index is 0.296. The van der Waals surface area contributed by atoms with Gasteiger partial charge < -0.3 is 4.74 Å². The van der Waals surface area contributed by atoms with Crippen LogP contribution < -0.4 is 0 Å². The maximum absolute atomic E-state index is 13.0. The largest absolute Gasteiger partial charge is 0.444 e. The molecule has 0 N–H and O–H groups in total. The van der Waals surface area contributed by atoms with Crippen LogP contribution >= 0.6 is 0 Å². The molecular weight excluding hydrogens is 220 g/mol. The number of rotatable bonds is 1. The Hall–Kier alpha value is -1.20.